The van der Waals surface area contributed by atoms with E-state index in [0.717, 1.165) is 0 Å². The number of hydrogen-bond acceptors (Lipinski definition) is 7. The molecular weight excluding hydrogens is 418 g/mol. The summed E-state index contributed by atoms with van der Waals surface area (Å²) < 4.78 is 21.6. The van der Waals surface area contributed by atoms with Gasteiger partial charge in [-0.25, -0.2) is 9.59 Å². The molecule has 0 atom stereocenters. The summed E-state index contributed by atoms with van der Waals surface area (Å²) in [6, 6.07) is 3.52. The summed E-state index contributed by atoms with van der Waals surface area (Å²) in [5.41, 5.74) is 2.32. The summed E-state index contributed by atoms with van der Waals surface area (Å²) >= 11 is 3.45. The van der Waals surface area contributed by atoms with Crippen LogP contribution in [0.2, 0.25) is 0 Å². The molecule has 1 aliphatic heterocycles. The van der Waals surface area contributed by atoms with E-state index < -0.39 is 17.9 Å². The predicted molar refractivity (Wildman–Crippen MR) is 103 cm³/mol. The zero-order valence-electron chi connectivity index (χ0n) is 16.1. The van der Waals surface area contributed by atoms with E-state index in [9.17, 15) is 9.59 Å². The average molecular weight is 440 g/mol. The number of carbonyl (C=O) groups excluding carboxylic acids is 2. The molecule has 1 aromatic carbocycles. The Balaban J connectivity index is 2.88. The second-order valence-electron chi connectivity index (χ2n) is 5.85. The van der Waals surface area contributed by atoms with Crippen molar-refractivity contribution in [2.75, 3.05) is 28.4 Å². The number of benzene rings is 1. The highest BCUT2D eigenvalue weighted by Crippen LogP contribution is 2.46. The van der Waals surface area contributed by atoms with Crippen LogP contribution in [0, 0.1) is 0 Å². The number of hydrogen-bond donors (Lipinski definition) is 1. The molecule has 0 bridgehead atoms. The first-order valence-electron chi connectivity index (χ1n) is 8.07. The van der Waals surface area contributed by atoms with Gasteiger partial charge in [-0.1, -0.05) is 15.9 Å². The van der Waals surface area contributed by atoms with Crippen LogP contribution in [0.5, 0.6) is 11.5 Å². The van der Waals surface area contributed by atoms with Crippen molar-refractivity contribution in [2.45, 2.75) is 19.8 Å². The van der Waals surface area contributed by atoms with Crippen LogP contribution in [0.3, 0.4) is 0 Å². The summed E-state index contributed by atoms with van der Waals surface area (Å²) in [5, 5.41) is 3.06. The summed E-state index contributed by atoms with van der Waals surface area (Å²) in [6.07, 6.45) is 0. The number of ether oxygens (including phenoxy) is 4. The fraction of sp³-hybridized carbons (Fsp3) is 0.368. The molecule has 1 aromatic rings. The molecule has 0 fully saturated rings. The number of dihydropyridines is 1. The Morgan fingerprint density at radius 3 is 1.85 bits per heavy atom. The molecule has 0 radical (unpaired) electrons. The van der Waals surface area contributed by atoms with E-state index in [2.05, 4.69) is 21.2 Å². The molecule has 8 heteroatoms. The Morgan fingerprint density at radius 1 is 0.926 bits per heavy atom. The highest BCUT2D eigenvalue weighted by molar-refractivity contribution is 9.10. The van der Waals surface area contributed by atoms with Crippen LogP contribution in [0.4, 0.5) is 0 Å². The Labute approximate surface area is 166 Å². The lowest BCUT2D eigenvalue weighted by Crippen LogP contribution is -2.32. The van der Waals surface area contributed by atoms with Crippen molar-refractivity contribution >= 4 is 27.9 Å². The van der Waals surface area contributed by atoms with E-state index in [1.807, 2.05) is 0 Å². The standard InChI is InChI=1S/C19H22BrNO6/c1-9-14(18(22)26-5)16(15(10(2)21-9)19(23)27-6)12-7-11(20)8-13(24-3)17(12)25-4/h7-8,16,21H,1-6H3. The second kappa shape index (κ2) is 8.47. The summed E-state index contributed by atoms with van der Waals surface area (Å²) in [4.78, 5) is 25.2. The number of carbonyl (C=O) groups is 2. The van der Waals surface area contributed by atoms with E-state index >= 15 is 0 Å². The van der Waals surface area contributed by atoms with Gasteiger partial charge in [-0.15, -0.1) is 0 Å². The maximum absolute atomic E-state index is 12.6. The average Bonchev–Trinajstić information content (AvgIpc) is 2.65. The number of halogens is 1. The van der Waals surface area contributed by atoms with Crippen LogP contribution in [-0.2, 0) is 19.1 Å². The van der Waals surface area contributed by atoms with Crippen molar-refractivity contribution in [1.29, 1.82) is 0 Å². The fourth-order valence-electron chi connectivity index (χ4n) is 3.24. The molecule has 1 N–H and O–H groups in total. The third-order valence-corrected chi connectivity index (χ3v) is 4.81. The first-order chi connectivity index (χ1) is 12.8. The van der Waals surface area contributed by atoms with Gasteiger partial charge in [-0.2, -0.15) is 0 Å². The van der Waals surface area contributed by atoms with E-state index in [-0.39, 0.29) is 0 Å². The molecule has 0 unspecified atom stereocenters. The number of methoxy groups -OCH3 is 4. The largest absolute Gasteiger partial charge is 0.493 e. The number of esters is 2. The first kappa shape index (κ1) is 20.8. The van der Waals surface area contributed by atoms with Gasteiger partial charge in [0.1, 0.15) is 0 Å². The molecule has 1 heterocycles. The number of nitrogens with one attached hydrogen (secondary N) is 1. The molecule has 0 aliphatic carbocycles. The first-order valence-corrected chi connectivity index (χ1v) is 8.86. The highest BCUT2D eigenvalue weighted by atomic mass is 79.9. The van der Waals surface area contributed by atoms with Gasteiger partial charge in [0.25, 0.3) is 0 Å². The van der Waals surface area contributed by atoms with Gasteiger partial charge in [0.05, 0.1) is 45.5 Å². The summed E-state index contributed by atoms with van der Waals surface area (Å²) in [7, 11) is 5.60. The van der Waals surface area contributed by atoms with Crippen LogP contribution in [0.25, 0.3) is 0 Å². The highest BCUT2D eigenvalue weighted by Gasteiger charge is 2.39. The van der Waals surface area contributed by atoms with Gasteiger partial charge in [0.15, 0.2) is 11.5 Å². The molecule has 7 nitrogen and oxygen atoms in total. The van der Waals surface area contributed by atoms with Crippen LogP contribution in [0.15, 0.2) is 39.1 Å². The molecule has 146 valence electrons. The normalized spacial score (nSPS) is 14.6. The van der Waals surface area contributed by atoms with Crippen molar-refractivity contribution in [3.8, 4) is 11.5 Å². The Bertz CT molecular complexity index is 805. The van der Waals surface area contributed by atoms with Crippen LogP contribution in [-0.4, -0.2) is 40.4 Å². The van der Waals surface area contributed by atoms with Gasteiger partial charge < -0.3 is 24.3 Å². The molecule has 0 aromatic heterocycles. The molecular formula is C19H22BrNO6. The minimum absolute atomic E-state index is 0.293. The third-order valence-electron chi connectivity index (χ3n) is 4.35. The number of rotatable bonds is 5. The maximum Gasteiger partial charge on any atom is 0.336 e. The molecule has 0 saturated carbocycles. The number of allylic oxidation sites excluding steroid dienone is 2. The predicted octanol–water partition coefficient (Wildman–Crippen LogP) is 3.05. The van der Waals surface area contributed by atoms with Gasteiger partial charge in [-0.05, 0) is 26.0 Å². The van der Waals surface area contributed by atoms with E-state index in [4.69, 9.17) is 18.9 Å². The van der Waals surface area contributed by atoms with Crippen molar-refractivity contribution < 1.29 is 28.5 Å². The lowest BCUT2D eigenvalue weighted by atomic mass is 9.80. The van der Waals surface area contributed by atoms with Crippen molar-refractivity contribution in [1.82, 2.24) is 5.32 Å². The van der Waals surface area contributed by atoms with E-state index in [1.165, 1.54) is 28.4 Å². The van der Waals surface area contributed by atoms with Gasteiger partial charge in [0, 0.05) is 21.4 Å². The van der Waals surface area contributed by atoms with Crippen molar-refractivity contribution in [2.24, 2.45) is 0 Å². The molecule has 2 rings (SSSR count). The van der Waals surface area contributed by atoms with Crippen molar-refractivity contribution in [3.63, 3.8) is 0 Å². The van der Waals surface area contributed by atoms with Crippen molar-refractivity contribution in [3.05, 3.63) is 44.7 Å². The van der Waals surface area contributed by atoms with Crippen LogP contribution in [0.1, 0.15) is 25.3 Å². The van der Waals surface area contributed by atoms with Gasteiger partial charge in [0.2, 0.25) is 0 Å². The SMILES string of the molecule is COC(=O)C1=C(C)NC(C)=C(C(=O)OC)C1c1cc(Br)cc(OC)c1OC. The minimum atomic E-state index is -0.757. The smallest absolute Gasteiger partial charge is 0.336 e. The van der Waals surface area contributed by atoms with E-state index in [1.54, 1.807) is 26.0 Å². The zero-order valence-corrected chi connectivity index (χ0v) is 17.6. The molecule has 0 saturated heterocycles. The Morgan fingerprint density at radius 2 is 1.44 bits per heavy atom. The van der Waals surface area contributed by atoms with Crippen LogP contribution < -0.4 is 14.8 Å². The lowest BCUT2D eigenvalue weighted by Gasteiger charge is -2.31. The lowest BCUT2D eigenvalue weighted by molar-refractivity contribution is -0.137. The summed E-state index contributed by atoms with van der Waals surface area (Å²) in [5.74, 6) is -0.993. The molecule has 0 spiro atoms. The van der Waals surface area contributed by atoms with E-state index in [0.29, 0.717) is 44.1 Å². The second-order valence-corrected chi connectivity index (χ2v) is 6.76. The molecule has 27 heavy (non-hydrogen) atoms. The Hall–Kier alpha value is -2.48. The quantitative estimate of drug-likeness (QED) is 0.705. The zero-order chi connectivity index (χ0) is 20.3. The van der Waals surface area contributed by atoms with Gasteiger partial charge in [-0.3, -0.25) is 0 Å². The fourth-order valence-corrected chi connectivity index (χ4v) is 3.69. The third kappa shape index (κ3) is 3.80. The Kier molecular flexibility index (Phi) is 6.54. The van der Waals surface area contributed by atoms with Crippen LogP contribution >= 0.6 is 15.9 Å². The minimum Gasteiger partial charge on any atom is -0.493 e. The molecule has 1 aliphatic rings. The molecule has 0 amide bonds. The van der Waals surface area contributed by atoms with Gasteiger partial charge >= 0.3 is 11.9 Å². The maximum atomic E-state index is 12.6. The topological polar surface area (TPSA) is 83.1 Å². The monoisotopic (exact) mass is 439 g/mol. The summed E-state index contributed by atoms with van der Waals surface area (Å²) in [6.45, 7) is 3.50.